The number of aromatic amines is 1. The van der Waals surface area contributed by atoms with E-state index in [-0.39, 0.29) is 11.9 Å². The predicted molar refractivity (Wildman–Crippen MR) is 156 cm³/mol. The van der Waals surface area contributed by atoms with Gasteiger partial charge in [0, 0.05) is 42.3 Å². The Kier molecular flexibility index (Phi) is 10.0. The van der Waals surface area contributed by atoms with E-state index in [0.29, 0.717) is 59.2 Å². The number of nitrogens with one attached hydrogen (secondary N) is 2. The van der Waals surface area contributed by atoms with Crippen LogP contribution in [0, 0.1) is 0 Å². The maximum absolute atomic E-state index is 13.9. The van der Waals surface area contributed by atoms with E-state index in [1.165, 1.54) is 22.0 Å². The molecule has 2 fully saturated rings. The van der Waals surface area contributed by atoms with Crippen LogP contribution in [0.15, 0.2) is 48.8 Å². The van der Waals surface area contributed by atoms with Gasteiger partial charge in [0.25, 0.3) is 11.8 Å². The number of H-pyrrole nitrogens is 1. The molecule has 2 aromatic carbocycles. The van der Waals surface area contributed by atoms with Gasteiger partial charge in [-0.3, -0.25) is 19.6 Å². The van der Waals surface area contributed by atoms with Crippen LogP contribution in [0.3, 0.4) is 0 Å². The Labute approximate surface area is 262 Å². The molecule has 2 amide bonds. The van der Waals surface area contributed by atoms with E-state index >= 15 is 0 Å². The number of tetrazole rings is 1. The van der Waals surface area contributed by atoms with Crippen molar-refractivity contribution in [2.45, 2.75) is 24.7 Å². The molecule has 0 spiro atoms. The highest BCUT2D eigenvalue weighted by Crippen LogP contribution is 2.25. The molecule has 3 N–H and O–H groups in total. The molecule has 0 aliphatic carbocycles. The SMILES string of the molecule is O=C(/C=C/c1cc(Cl)ccc1-n1cnnn1)N(C(=O)[C@@H]1C[C@H](N2CCOCC2)CN1)c1ccc2nn[nH]c2c1.O=C(O)C(F)(F)F. The maximum Gasteiger partial charge on any atom is 0.490 e. The molecule has 2 aliphatic rings. The number of halogens is 4. The molecule has 0 unspecified atom stereocenters. The minimum Gasteiger partial charge on any atom is -0.475 e. The van der Waals surface area contributed by atoms with E-state index in [1.54, 1.807) is 42.5 Å². The van der Waals surface area contributed by atoms with E-state index in [2.05, 4.69) is 41.2 Å². The Hall–Kier alpha value is -4.78. The zero-order valence-corrected chi connectivity index (χ0v) is 24.5. The molecule has 46 heavy (non-hydrogen) atoms. The van der Waals surface area contributed by atoms with Gasteiger partial charge < -0.3 is 15.2 Å². The van der Waals surface area contributed by atoms with Crippen molar-refractivity contribution in [1.82, 2.24) is 45.8 Å². The Bertz CT molecular complexity index is 1730. The average molecular weight is 663 g/mol. The Morgan fingerprint density at radius 3 is 2.59 bits per heavy atom. The zero-order chi connectivity index (χ0) is 32.8. The summed E-state index contributed by atoms with van der Waals surface area (Å²) in [5, 5.41) is 32.8. The number of imide groups is 1. The van der Waals surface area contributed by atoms with Gasteiger partial charge >= 0.3 is 12.1 Å². The highest BCUT2D eigenvalue weighted by molar-refractivity contribution is 6.30. The molecule has 6 rings (SSSR count). The van der Waals surface area contributed by atoms with Crippen LogP contribution in [0.5, 0.6) is 0 Å². The minimum absolute atomic E-state index is 0.194. The van der Waals surface area contributed by atoms with Gasteiger partial charge in [0.1, 0.15) is 11.8 Å². The predicted octanol–water partition coefficient (Wildman–Crippen LogP) is 1.86. The fourth-order valence-electron chi connectivity index (χ4n) is 4.99. The molecule has 4 aromatic rings. The maximum atomic E-state index is 13.9. The lowest BCUT2D eigenvalue weighted by molar-refractivity contribution is -0.192. The zero-order valence-electron chi connectivity index (χ0n) is 23.8. The van der Waals surface area contributed by atoms with Gasteiger partial charge in [-0.25, -0.2) is 9.69 Å². The van der Waals surface area contributed by atoms with Crippen LogP contribution >= 0.6 is 11.6 Å². The number of amides is 2. The average Bonchev–Trinajstić information content (AvgIpc) is 3.83. The van der Waals surface area contributed by atoms with Gasteiger partial charge in [-0.05, 0) is 59.3 Å². The highest BCUT2D eigenvalue weighted by atomic mass is 35.5. The summed E-state index contributed by atoms with van der Waals surface area (Å²) in [4.78, 5) is 40.0. The molecule has 15 nitrogen and oxygen atoms in total. The van der Waals surface area contributed by atoms with Crippen molar-refractivity contribution >= 4 is 52.2 Å². The number of alkyl halides is 3. The molecule has 0 saturated carbocycles. The van der Waals surface area contributed by atoms with Gasteiger partial charge in [0.15, 0.2) is 0 Å². The molecule has 2 atom stereocenters. The van der Waals surface area contributed by atoms with Crippen LogP contribution in [0.1, 0.15) is 12.0 Å². The third-order valence-electron chi connectivity index (χ3n) is 7.21. The normalized spacial score (nSPS) is 18.8. The standard InChI is InChI=1S/C25H25ClN10O3.C2HF3O2/c26-17-2-5-23(35-15-28-31-33-35)16(11-17)1-6-24(37)36(18-3-4-20-21(12-18)30-32-29-20)25(38)22-13-19(14-27-22)34-7-9-39-10-8-34;3-2(4,5)1(6)7/h1-6,11-12,15,19,22,27H,7-10,13-14H2,(H,29,30,32);(H,6,7)/b6-1+;/t19-,22-;/m0./s1. The van der Waals surface area contributed by atoms with Gasteiger partial charge in [-0.1, -0.05) is 16.8 Å². The Balaban J connectivity index is 0.000000537. The third-order valence-corrected chi connectivity index (χ3v) is 7.44. The lowest BCUT2D eigenvalue weighted by Crippen LogP contribution is -2.46. The number of carboxylic acids is 1. The number of hydrogen-bond acceptors (Lipinski definition) is 11. The lowest BCUT2D eigenvalue weighted by atomic mass is 10.1. The molecular weight excluding hydrogens is 637 g/mol. The number of hydrogen-bond donors (Lipinski definition) is 3. The second kappa shape index (κ2) is 14.1. The number of aliphatic carboxylic acids is 1. The van der Waals surface area contributed by atoms with Crippen molar-refractivity contribution in [3.8, 4) is 5.69 Å². The summed E-state index contributed by atoms with van der Waals surface area (Å²) in [6.07, 6.45) is -0.0952. The van der Waals surface area contributed by atoms with Crippen LogP contribution in [-0.4, -0.2) is 115 Å². The van der Waals surface area contributed by atoms with Crippen molar-refractivity contribution in [1.29, 1.82) is 0 Å². The van der Waals surface area contributed by atoms with E-state index in [0.717, 1.165) is 13.1 Å². The van der Waals surface area contributed by atoms with Crippen LogP contribution < -0.4 is 10.2 Å². The molecule has 2 aliphatic heterocycles. The largest absolute Gasteiger partial charge is 0.490 e. The number of benzene rings is 2. The summed E-state index contributed by atoms with van der Waals surface area (Å²) >= 11 is 6.23. The molecule has 19 heteroatoms. The third kappa shape index (κ3) is 7.71. The number of aromatic nitrogens is 7. The fourth-order valence-corrected chi connectivity index (χ4v) is 5.17. The molecule has 0 radical (unpaired) electrons. The highest BCUT2D eigenvalue weighted by Gasteiger charge is 2.39. The van der Waals surface area contributed by atoms with Crippen molar-refractivity contribution in [3.05, 3.63) is 59.4 Å². The van der Waals surface area contributed by atoms with E-state index < -0.39 is 24.1 Å². The number of fused-ring (bicyclic) bond motifs is 1. The number of carbonyl (C=O) groups is 3. The van der Waals surface area contributed by atoms with Crippen molar-refractivity contribution in [3.63, 3.8) is 0 Å². The smallest absolute Gasteiger partial charge is 0.475 e. The topological polar surface area (TPSA) is 184 Å². The van der Waals surface area contributed by atoms with Gasteiger partial charge in [-0.2, -0.15) is 17.9 Å². The van der Waals surface area contributed by atoms with Crippen LogP contribution in [0.25, 0.3) is 22.8 Å². The number of rotatable bonds is 6. The number of carbonyl (C=O) groups excluding carboxylic acids is 2. The second-order valence-corrected chi connectivity index (χ2v) is 10.6. The molecule has 2 saturated heterocycles. The number of morpholine rings is 1. The van der Waals surface area contributed by atoms with Crippen molar-refractivity contribution in [2.75, 3.05) is 37.7 Å². The van der Waals surface area contributed by atoms with Crippen molar-refractivity contribution < 1.29 is 37.4 Å². The first-order chi connectivity index (χ1) is 22.0. The summed E-state index contributed by atoms with van der Waals surface area (Å²) in [6.45, 7) is 3.67. The Morgan fingerprint density at radius 1 is 1.13 bits per heavy atom. The van der Waals surface area contributed by atoms with E-state index in [4.69, 9.17) is 26.2 Å². The van der Waals surface area contributed by atoms with Crippen molar-refractivity contribution in [2.24, 2.45) is 0 Å². The molecule has 2 aromatic heterocycles. The Morgan fingerprint density at radius 2 is 1.89 bits per heavy atom. The lowest BCUT2D eigenvalue weighted by Gasteiger charge is -2.31. The molecular formula is C27H26ClF3N10O5. The number of ether oxygens (including phenoxy) is 1. The van der Waals surface area contributed by atoms with Gasteiger partial charge in [0.2, 0.25) is 0 Å². The second-order valence-electron chi connectivity index (χ2n) is 10.1. The van der Waals surface area contributed by atoms with Crippen LogP contribution in [0.2, 0.25) is 5.02 Å². The molecule has 0 bridgehead atoms. The number of carboxylic acid groups (broad SMARTS) is 1. The first-order valence-electron chi connectivity index (χ1n) is 13.8. The van der Waals surface area contributed by atoms with E-state index in [1.807, 2.05) is 0 Å². The monoisotopic (exact) mass is 662 g/mol. The van der Waals surface area contributed by atoms with E-state index in [9.17, 15) is 22.8 Å². The summed E-state index contributed by atoms with van der Waals surface area (Å²) in [6, 6.07) is 9.93. The fraction of sp³-hybridized carbons (Fsp3) is 0.333. The van der Waals surface area contributed by atoms with Gasteiger partial charge in [0.05, 0.1) is 36.1 Å². The van der Waals surface area contributed by atoms with Crippen LogP contribution in [-0.2, 0) is 19.1 Å². The summed E-state index contributed by atoms with van der Waals surface area (Å²) < 4.78 is 38.7. The quantitative estimate of drug-likeness (QED) is 0.255. The number of anilines is 1. The summed E-state index contributed by atoms with van der Waals surface area (Å²) in [7, 11) is 0. The first kappa shape index (κ1) is 32.6. The summed E-state index contributed by atoms with van der Waals surface area (Å²) in [5.74, 6) is -3.60. The molecule has 4 heterocycles. The van der Waals surface area contributed by atoms with Gasteiger partial charge in [-0.15, -0.1) is 10.2 Å². The summed E-state index contributed by atoms with van der Waals surface area (Å²) in [5.41, 5.74) is 2.89. The minimum atomic E-state index is -5.08. The first-order valence-corrected chi connectivity index (χ1v) is 14.1. The number of nitrogens with zero attached hydrogens (tertiary/aromatic N) is 8. The molecule has 242 valence electrons. The van der Waals surface area contributed by atoms with Crippen LogP contribution in [0.4, 0.5) is 18.9 Å².